The van der Waals surface area contributed by atoms with Crippen LogP contribution in [0, 0.1) is 5.41 Å². The summed E-state index contributed by atoms with van der Waals surface area (Å²) in [6.07, 6.45) is 7.56. The molecule has 2 aromatic rings. The second-order valence-electron chi connectivity index (χ2n) is 6.87. The predicted octanol–water partition coefficient (Wildman–Crippen LogP) is 2.61. The number of carbonyl (C=O) groups is 1. The first kappa shape index (κ1) is 16.7. The van der Waals surface area contributed by atoms with Gasteiger partial charge in [-0.1, -0.05) is 12.1 Å². The molecule has 128 valence electrons. The molecular formula is C19H26N4O. The molecule has 24 heavy (non-hydrogen) atoms. The molecule has 1 aliphatic rings. The third-order valence-electron chi connectivity index (χ3n) is 4.81. The van der Waals surface area contributed by atoms with E-state index in [-0.39, 0.29) is 11.3 Å². The van der Waals surface area contributed by atoms with E-state index in [0.29, 0.717) is 6.54 Å². The summed E-state index contributed by atoms with van der Waals surface area (Å²) in [7, 11) is 0. The smallest absolute Gasteiger partial charge is 0.227 e. The Kier molecular flexibility index (Phi) is 5.00. The number of rotatable bonds is 5. The highest BCUT2D eigenvalue weighted by molar-refractivity contribution is 5.82. The Hall–Kier alpha value is -2.14. The van der Waals surface area contributed by atoms with Crippen molar-refractivity contribution in [1.82, 2.24) is 19.8 Å². The molecule has 0 bridgehead atoms. The number of aromatic nitrogens is 2. The number of hydrogen-bond donors (Lipinski definition) is 1. The van der Waals surface area contributed by atoms with Gasteiger partial charge in [-0.25, -0.2) is 4.98 Å². The second-order valence-corrected chi connectivity index (χ2v) is 6.87. The number of likely N-dealkylation sites (tertiary alicyclic amines) is 1. The number of piperidine rings is 1. The van der Waals surface area contributed by atoms with Gasteiger partial charge in [-0.15, -0.1) is 0 Å². The summed E-state index contributed by atoms with van der Waals surface area (Å²) in [5.41, 5.74) is 2.12. The maximum atomic E-state index is 12.3. The number of nitrogens with one attached hydrogen (secondary N) is 1. The van der Waals surface area contributed by atoms with Gasteiger partial charge in [0, 0.05) is 37.7 Å². The van der Waals surface area contributed by atoms with Crippen LogP contribution >= 0.6 is 0 Å². The minimum atomic E-state index is -0.273. The third kappa shape index (κ3) is 3.67. The molecule has 1 N–H and O–H groups in total. The Labute approximate surface area is 143 Å². The van der Waals surface area contributed by atoms with E-state index >= 15 is 0 Å². The fourth-order valence-corrected chi connectivity index (χ4v) is 3.48. The summed E-state index contributed by atoms with van der Waals surface area (Å²) in [6.45, 7) is 7.53. The van der Waals surface area contributed by atoms with Gasteiger partial charge in [-0.3, -0.25) is 9.69 Å². The van der Waals surface area contributed by atoms with Crippen LogP contribution in [0.25, 0.3) is 5.69 Å². The lowest BCUT2D eigenvalue weighted by molar-refractivity contribution is -0.133. The Morgan fingerprint density at radius 1 is 1.33 bits per heavy atom. The SMILES string of the molecule is CCNC(=O)C1(C)CCCN(Cc2ccc(-n3ccnc3)cc2)C1. The van der Waals surface area contributed by atoms with E-state index in [0.717, 1.165) is 38.2 Å². The van der Waals surface area contributed by atoms with Crippen LogP contribution in [0.5, 0.6) is 0 Å². The summed E-state index contributed by atoms with van der Waals surface area (Å²) in [6, 6.07) is 8.55. The first-order valence-electron chi connectivity index (χ1n) is 8.69. The number of carbonyl (C=O) groups excluding carboxylic acids is 1. The third-order valence-corrected chi connectivity index (χ3v) is 4.81. The van der Waals surface area contributed by atoms with Crippen molar-refractivity contribution in [2.24, 2.45) is 5.41 Å². The van der Waals surface area contributed by atoms with E-state index in [1.165, 1.54) is 5.56 Å². The number of imidazole rings is 1. The summed E-state index contributed by atoms with van der Waals surface area (Å²) in [5.74, 6) is 0.185. The Morgan fingerprint density at radius 3 is 2.79 bits per heavy atom. The second kappa shape index (κ2) is 7.18. The van der Waals surface area contributed by atoms with Gasteiger partial charge in [-0.2, -0.15) is 0 Å². The van der Waals surface area contributed by atoms with Gasteiger partial charge in [0.2, 0.25) is 5.91 Å². The van der Waals surface area contributed by atoms with Crippen molar-refractivity contribution in [1.29, 1.82) is 0 Å². The van der Waals surface area contributed by atoms with Crippen LogP contribution < -0.4 is 5.32 Å². The van der Waals surface area contributed by atoms with E-state index in [9.17, 15) is 4.79 Å². The summed E-state index contributed by atoms with van der Waals surface area (Å²) >= 11 is 0. The van der Waals surface area contributed by atoms with E-state index in [4.69, 9.17) is 0 Å². The van der Waals surface area contributed by atoms with Crippen molar-refractivity contribution in [2.45, 2.75) is 33.2 Å². The molecule has 1 amide bonds. The van der Waals surface area contributed by atoms with Crippen LogP contribution in [0.1, 0.15) is 32.3 Å². The van der Waals surface area contributed by atoms with Gasteiger partial charge < -0.3 is 9.88 Å². The van der Waals surface area contributed by atoms with Gasteiger partial charge in [0.25, 0.3) is 0 Å². The molecule has 5 heteroatoms. The summed E-state index contributed by atoms with van der Waals surface area (Å²) in [5, 5.41) is 2.99. The van der Waals surface area contributed by atoms with Crippen LogP contribution in [0.15, 0.2) is 43.0 Å². The average molecular weight is 326 g/mol. The molecule has 1 aromatic carbocycles. The number of benzene rings is 1. The molecule has 0 radical (unpaired) electrons. The molecule has 1 saturated heterocycles. The minimum Gasteiger partial charge on any atom is -0.356 e. The van der Waals surface area contributed by atoms with Crippen molar-refractivity contribution >= 4 is 5.91 Å². The van der Waals surface area contributed by atoms with Gasteiger partial charge in [-0.05, 0) is 50.9 Å². The highest BCUT2D eigenvalue weighted by atomic mass is 16.2. The zero-order valence-electron chi connectivity index (χ0n) is 14.5. The van der Waals surface area contributed by atoms with E-state index in [1.807, 2.05) is 17.7 Å². The minimum absolute atomic E-state index is 0.185. The van der Waals surface area contributed by atoms with E-state index in [2.05, 4.69) is 46.4 Å². The average Bonchev–Trinajstić information content (AvgIpc) is 3.10. The topological polar surface area (TPSA) is 50.2 Å². The van der Waals surface area contributed by atoms with Gasteiger partial charge >= 0.3 is 0 Å². The molecule has 5 nitrogen and oxygen atoms in total. The summed E-state index contributed by atoms with van der Waals surface area (Å²) in [4.78, 5) is 18.8. The van der Waals surface area contributed by atoms with Crippen LogP contribution in [-0.4, -0.2) is 40.0 Å². The molecular weight excluding hydrogens is 300 g/mol. The molecule has 1 aromatic heterocycles. The zero-order chi connectivity index (χ0) is 17.0. The largest absolute Gasteiger partial charge is 0.356 e. The van der Waals surface area contributed by atoms with Crippen molar-refractivity contribution in [3.63, 3.8) is 0 Å². The van der Waals surface area contributed by atoms with Gasteiger partial charge in [0.05, 0.1) is 11.7 Å². The van der Waals surface area contributed by atoms with Crippen molar-refractivity contribution in [3.8, 4) is 5.69 Å². The Bertz CT molecular complexity index is 665. The monoisotopic (exact) mass is 326 g/mol. The van der Waals surface area contributed by atoms with Crippen LogP contribution in [-0.2, 0) is 11.3 Å². The standard InChI is InChI=1S/C19H26N4O/c1-3-21-18(24)19(2)9-4-11-22(14-19)13-16-5-7-17(8-6-16)23-12-10-20-15-23/h5-8,10,12,15H,3-4,9,11,13-14H2,1-2H3,(H,21,24). The highest BCUT2D eigenvalue weighted by Gasteiger charge is 2.37. The van der Waals surface area contributed by atoms with Gasteiger partial charge in [0.15, 0.2) is 0 Å². The zero-order valence-corrected chi connectivity index (χ0v) is 14.5. The quantitative estimate of drug-likeness (QED) is 0.919. The molecule has 0 spiro atoms. The van der Waals surface area contributed by atoms with Crippen LogP contribution in [0.4, 0.5) is 0 Å². The normalized spacial score (nSPS) is 21.6. The highest BCUT2D eigenvalue weighted by Crippen LogP contribution is 2.30. The fourth-order valence-electron chi connectivity index (χ4n) is 3.48. The first-order chi connectivity index (χ1) is 11.6. The molecule has 1 aliphatic heterocycles. The maximum Gasteiger partial charge on any atom is 0.227 e. The lowest BCUT2D eigenvalue weighted by Gasteiger charge is -2.39. The Balaban J connectivity index is 1.64. The van der Waals surface area contributed by atoms with Crippen molar-refractivity contribution < 1.29 is 4.79 Å². The number of hydrogen-bond acceptors (Lipinski definition) is 3. The van der Waals surface area contributed by atoms with Crippen molar-refractivity contribution in [3.05, 3.63) is 48.5 Å². The molecule has 0 saturated carbocycles. The van der Waals surface area contributed by atoms with Crippen molar-refractivity contribution in [2.75, 3.05) is 19.6 Å². The first-order valence-corrected chi connectivity index (χ1v) is 8.69. The Morgan fingerprint density at radius 2 is 2.12 bits per heavy atom. The van der Waals surface area contributed by atoms with Crippen LogP contribution in [0.2, 0.25) is 0 Å². The molecule has 1 fully saturated rings. The molecule has 1 unspecified atom stereocenters. The molecule has 2 heterocycles. The molecule has 3 rings (SSSR count). The van der Waals surface area contributed by atoms with Crippen LogP contribution in [0.3, 0.4) is 0 Å². The maximum absolute atomic E-state index is 12.3. The van der Waals surface area contributed by atoms with E-state index < -0.39 is 0 Å². The number of amides is 1. The lowest BCUT2D eigenvalue weighted by atomic mass is 9.81. The fraction of sp³-hybridized carbons (Fsp3) is 0.474. The van der Waals surface area contributed by atoms with E-state index in [1.54, 1.807) is 12.5 Å². The predicted molar refractivity (Wildman–Crippen MR) is 94.9 cm³/mol. The summed E-state index contributed by atoms with van der Waals surface area (Å²) < 4.78 is 2.00. The number of nitrogens with zero attached hydrogens (tertiary/aromatic N) is 3. The lowest BCUT2D eigenvalue weighted by Crippen LogP contribution is -2.50. The molecule has 1 atom stereocenters. The van der Waals surface area contributed by atoms with Gasteiger partial charge in [0.1, 0.15) is 0 Å². The molecule has 0 aliphatic carbocycles.